The Morgan fingerprint density at radius 1 is 1.15 bits per heavy atom. The Balaban J connectivity index is 0.00000144. The molecule has 1 fully saturated rings. The van der Waals surface area contributed by atoms with Crippen LogP contribution in [0.5, 0.6) is 0 Å². The first-order valence-corrected chi connectivity index (χ1v) is 3.45. The van der Waals surface area contributed by atoms with Crippen molar-refractivity contribution in [1.82, 2.24) is 0 Å². The minimum atomic E-state index is -1.62. The number of aliphatic hydroxyl groups is 5. The van der Waals surface area contributed by atoms with Crippen LogP contribution in [0.1, 0.15) is 0 Å². The van der Waals surface area contributed by atoms with Crippen molar-refractivity contribution in [3.63, 3.8) is 0 Å². The van der Waals surface area contributed by atoms with E-state index in [2.05, 4.69) is 4.74 Å². The Labute approximate surface area is 109 Å². The fraction of sp³-hybridized carbons (Fsp3) is 0.833. The minimum Gasteiger partial charge on any atom is -0.533 e. The molecule has 0 aliphatic carbocycles. The first kappa shape index (κ1) is 14.1. The van der Waals surface area contributed by atoms with Gasteiger partial charge in [0, 0.05) is 47.9 Å². The van der Waals surface area contributed by atoms with Crippen LogP contribution in [0.2, 0.25) is 0 Å². The van der Waals surface area contributed by atoms with Crippen LogP contribution < -0.4 is 0 Å². The number of aliphatic hydroxyl groups excluding tert-OH is 5. The molecular weight excluding hydrogens is 308 g/mol. The van der Waals surface area contributed by atoms with E-state index in [1.807, 2.05) is 0 Å². The van der Waals surface area contributed by atoms with E-state index in [1.165, 1.54) is 0 Å². The molecule has 1 rings (SSSR count). The molecule has 1 aliphatic heterocycles. The van der Waals surface area contributed by atoms with Crippen LogP contribution in [0.3, 0.4) is 0 Å². The van der Waals surface area contributed by atoms with Gasteiger partial charge in [-0.25, -0.2) is 0 Å². The van der Waals surface area contributed by atoms with Gasteiger partial charge in [-0.05, 0) is 0 Å². The van der Waals surface area contributed by atoms with Crippen molar-refractivity contribution in [2.24, 2.45) is 0 Å². The summed E-state index contributed by atoms with van der Waals surface area (Å²) in [7, 11) is 0. The molecule has 1 heterocycles. The van der Waals surface area contributed by atoms with Gasteiger partial charge in [-0.15, -0.1) is 0 Å². The van der Waals surface area contributed by atoms with E-state index in [0.29, 0.717) is 0 Å². The SMILES string of the molecule is OCC1O[C-](O)C(O)C(O)C1O.[Ce]. The van der Waals surface area contributed by atoms with E-state index in [0.717, 1.165) is 0 Å². The van der Waals surface area contributed by atoms with Gasteiger partial charge < -0.3 is 30.3 Å². The molecule has 7 heteroatoms. The molecule has 0 radical (unpaired) electrons. The van der Waals surface area contributed by atoms with Crippen LogP contribution >= 0.6 is 0 Å². The van der Waals surface area contributed by atoms with Gasteiger partial charge >= 0.3 is 0 Å². The summed E-state index contributed by atoms with van der Waals surface area (Å²) in [5, 5.41) is 44.5. The molecule has 4 atom stereocenters. The smallest absolute Gasteiger partial charge is 0.105 e. The van der Waals surface area contributed by atoms with Gasteiger partial charge in [0.05, 0.1) is 18.8 Å². The summed E-state index contributed by atoms with van der Waals surface area (Å²) >= 11 is 0. The van der Waals surface area contributed by atoms with Crippen molar-refractivity contribution in [3.8, 4) is 0 Å². The molecular formula is C6H11CeO6-. The van der Waals surface area contributed by atoms with Gasteiger partial charge in [-0.1, -0.05) is 6.29 Å². The molecule has 5 N–H and O–H groups in total. The third kappa shape index (κ3) is 3.04. The second-order valence-electron chi connectivity index (χ2n) is 2.60. The van der Waals surface area contributed by atoms with Gasteiger partial charge in [0.1, 0.15) is 6.10 Å². The summed E-state index contributed by atoms with van der Waals surface area (Å²) in [6.45, 7) is -0.547. The van der Waals surface area contributed by atoms with Gasteiger partial charge in [0.15, 0.2) is 0 Å². The first-order valence-electron chi connectivity index (χ1n) is 3.45. The average molecular weight is 319 g/mol. The van der Waals surface area contributed by atoms with Gasteiger partial charge in [0.2, 0.25) is 0 Å². The van der Waals surface area contributed by atoms with Crippen molar-refractivity contribution in [2.75, 3.05) is 6.61 Å². The maximum Gasteiger partial charge on any atom is 0.105 e. The quantitative estimate of drug-likeness (QED) is 0.337. The van der Waals surface area contributed by atoms with Crippen LogP contribution in [0.25, 0.3) is 0 Å². The molecule has 0 aromatic carbocycles. The zero-order chi connectivity index (χ0) is 9.30. The van der Waals surface area contributed by atoms with Crippen LogP contribution in [0.4, 0.5) is 0 Å². The van der Waals surface area contributed by atoms with E-state index >= 15 is 0 Å². The van der Waals surface area contributed by atoms with Crippen LogP contribution in [0, 0.1) is 48.0 Å². The van der Waals surface area contributed by atoms with E-state index < -0.39 is 37.3 Å². The molecule has 0 bridgehead atoms. The Kier molecular flexibility index (Phi) is 6.40. The largest absolute Gasteiger partial charge is 0.533 e. The topological polar surface area (TPSA) is 110 Å². The molecule has 76 valence electrons. The van der Waals surface area contributed by atoms with Crippen molar-refractivity contribution in [1.29, 1.82) is 0 Å². The van der Waals surface area contributed by atoms with E-state index in [4.69, 9.17) is 25.5 Å². The predicted molar refractivity (Wildman–Crippen MR) is 35.2 cm³/mol. The summed E-state index contributed by atoms with van der Waals surface area (Å²) < 4.78 is 4.49. The molecule has 13 heavy (non-hydrogen) atoms. The Morgan fingerprint density at radius 2 is 1.69 bits per heavy atom. The molecule has 6 nitrogen and oxygen atoms in total. The average Bonchev–Trinajstić information content (AvgIpc) is 2.08. The molecule has 0 spiro atoms. The maximum absolute atomic E-state index is 9.11. The van der Waals surface area contributed by atoms with E-state index in [1.54, 1.807) is 0 Å². The summed E-state index contributed by atoms with van der Waals surface area (Å²) in [6, 6.07) is 0. The van der Waals surface area contributed by atoms with Crippen molar-refractivity contribution < 1.29 is 72.0 Å². The Morgan fingerprint density at radius 3 is 2.15 bits per heavy atom. The van der Waals surface area contributed by atoms with Crippen LogP contribution in [0.15, 0.2) is 0 Å². The fourth-order valence-corrected chi connectivity index (χ4v) is 0.993. The molecule has 0 amide bonds. The first-order chi connectivity index (χ1) is 5.57. The van der Waals surface area contributed by atoms with E-state index in [-0.39, 0.29) is 41.7 Å². The molecule has 4 unspecified atom stereocenters. The van der Waals surface area contributed by atoms with Crippen molar-refractivity contribution >= 4 is 0 Å². The predicted octanol–water partition coefficient (Wildman–Crippen LogP) is -2.68. The molecule has 1 saturated heterocycles. The molecule has 0 aromatic rings. The summed E-state index contributed by atoms with van der Waals surface area (Å²) in [5.74, 6) is 0. The number of hydrogen-bond acceptors (Lipinski definition) is 6. The third-order valence-corrected chi connectivity index (χ3v) is 1.76. The number of rotatable bonds is 1. The second kappa shape index (κ2) is 5.88. The summed E-state index contributed by atoms with van der Waals surface area (Å²) in [6.07, 6.45) is -6.44. The molecule has 0 saturated carbocycles. The second-order valence-corrected chi connectivity index (χ2v) is 2.60. The maximum atomic E-state index is 9.11. The Hall–Kier alpha value is 1.14. The third-order valence-electron chi connectivity index (χ3n) is 1.76. The summed E-state index contributed by atoms with van der Waals surface area (Å²) in [4.78, 5) is 0. The number of ether oxygens (including phenoxy) is 1. The normalized spacial score (nSPS) is 41.3. The van der Waals surface area contributed by atoms with Crippen LogP contribution in [-0.4, -0.2) is 56.6 Å². The zero-order valence-corrected chi connectivity index (χ0v) is 9.80. The molecule has 1 aliphatic rings. The molecule has 0 aromatic heterocycles. The zero-order valence-electron chi connectivity index (χ0n) is 6.66. The number of hydrogen-bond donors (Lipinski definition) is 5. The minimum absolute atomic E-state index is 0. The summed E-state index contributed by atoms with van der Waals surface area (Å²) in [5.41, 5.74) is 0. The van der Waals surface area contributed by atoms with Crippen LogP contribution in [-0.2, 0) is 4.74 Å². The monoisotopic (exact) mass is 319 g/mol. The Bertz CT molecular complexity index is 151. The van der Waals surface area contributed by atoms with Crippen molar-refractivity contribution in [2.45, 2.75) is 24.4 Å². The van der Waals surface area contributed by atoms with Gasteiger partial charge in [0.25, 0.3) is 0 Å². The van der Waals surface area contributed by atoms with Crippen molar-refractivity contribution in [3.05, 3.63) is 6.29 Å². The fourth-order valence-electron chi connectivity index (χ4n) is 0.993. The van der Waals surface area contributed by atoms with E-state index in [9.17, 15) is 0 Å². The standard InChI is InChI=1S/C6H11O6.Ce/c7-1-2-3(8)4(9)5(10)6(11)12-2;/h2-5,7-11H,1H2;/q-1;. The van der Waals surface area contributed by atoms with Gasteiger partial charge in [-0.2, -0.15) is 0 Å². The van der Waals surface area contributed by atoms with Gasteiger partial charge in [-0.3, -0.25) is 0 Å².